The lowest BCUT2D eigenvalue weighted by molar-refractivity contribution is 0.102. The second kappa shape index (κ2) is 5.64. The van der Waals surface area contributed by atoms with Crippen LogP contribution in [0, 0.1) is 0 Å². The van der Waals surface area contributed by atoms with Crippen LogP contribution in [0.4, 0.5) is 5.69 Å². The molecule has 1 aromatic heterocycles. The van der Waals surface area contributed by atoms with Crippen LogP contribution in [0.2, 0.25) is 0 Å². The summed E-state index contributed by atoms with van der Waals surface area (Å²) in [6.07, 6.45) is 3.82. The maximum absolute atomic E-state index is 12.8. The van der Waals surface area contributed by atoms with E-state index in [1.807, 2.05) is 32.0 Å². The van der Waals surface area contributed by atoms with Crippen LogP contribution in [0.15, 0.2) is 28.9 Å². The summed E-state index contributed by atoms with van der Waals surface area (Å²) in [7, 11) is 0. The van der Waals surface area contributed by atoms with Crippen LogP contribution in [0.5, 0.6) is 0 Å². The van der Waals surface area contributed by atoms with Crippen LogP contribution in [0.25, 0.3) is 0 Å². The Kier molecular flexibility index (Phi) is 3.85. The Balaban J connectivity index is 2.01. The summed E-state index contributed by atoms with van der Waals surface area (Å²) in [4.78, 5) is 12.8. The van der Waals surface area contributed by atoms with Crippen molar-refractivity contribution in [1.82, 2.24) is 9.78 Å². The van der Waals surface area contributed by atoms with E-state index in [-0.39, 0.29) is 11.8 Å². The van der Waals surface area contributed by atoms with E-state index in [4.69, 9.17) is 0 Å². The molecule has 110 valence electrons. The molecule has 4 nitrogen and oxygen atoms in total. The quantitative estimate of drug-likeness (QED) is 0.858. The number of nitrogens with zero attached hydrogens (tertiary/aromatic N) is 2. The van der Waals surface area contributed by atoms with E-state index in [9.17, 15) is 4.79 Å². The number of nitrogens with one attached hydrogen (secondary N) is 1. The summed E-state index contributed by atoms with van der Waals surface area (Å²) < 4.78 is 2.52. The monoisotopic (exact) mass is 347 g/mol. The third-order valence-corrected chi connectivity index (χ3v) is 4.34. The van der Waals surface area contributed by atoms with Crippen LogP contribution in [0.1, 0.15) is 47.9 Å². The fourth-order valence-electron chi connectivity index (χ4n) is 2.70. The summed E-state index contributed by atoms with van der Waals surface area (Å²) in [5.74, 6) is 0.0152. The van der Waals surface area contributed by atoms with Gasteiger partial charge in [0.2, 0.25) is 5.78 Å². The van der Waals surface area contributed by atoms with Crippen molar-refractivity contribution in [3.8, 4) is 0 Å². The molecule has 0 atom stereocenters. The first-order valence-electron chi connectivity index (χ1n) is 7.22. The molecule has 0 saturated heterocycles. The first-order valence-corrected chi connectivity index (χ1v) is 8.01. The third-order valence-electron chi connectivity index (χ3n) is 3.76. The van der Waals surface area contributed by atoms with Gasteiger partial charge in [0.15, 0.2) is 0 Å². The molecule has 1 aromatic carbocycles. The van der Waals surface area contributed by atoms with Gasteiger partial charge < -0.3 is 5.32 Å². The number of ketones is 1. The van der Waals surface area contributed by atoms with Crippen molar-refractivity contribution in [2.24, 2.45) is 0 Å². The number of anilines is 1. The van der Waals surface area contributed by atoms with Gasteiger partial charge in [-0.05, 0) is 66.4 Å². The van der Waals surface area contributed by atoms with E-state index >= 15 is 0 Å². The standard InChI is InChI=1S/C16H18BrN3O/c1-10(2)20-15(13(17)9-19-20)16(21)12-5-6-14-11(8-12)4-3-7-18-14/h5-6,8-10,18H,3-4,7H2,1-2H3. The van der Waals surface area contributed by atoms with Crippen LogP contribution in [0.3, 0.4) is 0 Å². The molecule has 1 aliphatic rings. The fraction of sp³-hybridized carbons (Fsp3) is 0.375. The molecule has 21 heavy (non-hydrogen) atoms. The SMILES string of the molecule is CC(C)n1ncc(Br)c1C(=O)c1ccc2c(c1)CCCN2. The topological polar surface area (TPSA) is 46.9 Å². The first-order chi connectivity index (χ1) is 10.1. The molecule has 0 amide bonds. The van der Waals surface area contributed by atoms with Crippen molar-refractivity contribution >= 4 is 27.4 Å². The third kappa shape index (κ3) is 2.62. The van der Waals surface area contributed by atoms with Gasteiger partial charge >= 0.3 is 0 Å². The minimum atomic E-state index is 0.0152. The molecule has 0 fully saturated rings. The number of halogens is 1. The number of fused-ring (bicyclic) bond motifs is 1. The molecule has 0 spiro atoms. The Morgan fingerprint density at radius 2 is 2.24 bits per heavy atom. The Labute approximate surface area is 132 Å². The highest BCUT2D eigenvalue weighted by molar-refractivity contribution is 9.10. The molecule has 0 radical (unpaired) electrons. The van der Waals surface area contributed by atoms with Gasteiger partial charge in [-0.15, -0.1) is 0 Å². The number of aromatic nitrogens is 2. The average Bonchev–Trinajstić information content (AvgIpc) is 2.88. The van der Waals surface area contributed by atoms with E-state index < -0.39 is 0 Å². The smallest absolute Gasteiger partial charge is 0.212 e. The maximum Gasteiger partial charge on any atom is 0.212 e. The van der Waals surface area contributed by atoms with Gasteiger partial charge in [-0.2, -0.15) is 5.10 Å². The number of rotatable bonds is 3. The molecule has 0 bridgehead atoms. The molecule has 2 heterocycles. The fourth-order valence-corrected chi connectivity index (χ4v) is 3.15. The van der Waals surface area contributed by atoms with Crippen molar-refractivity contribution in [1.29, 1.82) is 0 Å². The van der Waals surface area contributed by atoms with Crippen LogP contribution in [-0.2, 0) is 6.42 Å². The van der Waals surface area contributed by atoms with Gasteiger partial charge in [0.25, 0.3) is 0 Å². The van der Waals surface area contributed by atoms with Crippen molar-refractivity contribution in [3.05, 3.63) is 45.7 Å². The second-order valence-electron chi connectivity index (χ2n) is 5.61. The lowest BCUT2D eigenvalue weighted by Crippen LogP contribution is -2.16. The molecular formula is C16H18BrN3O. The number of hydrogen-bond donors (Lipinski definition) is 1. The average molecular weight is 348 g/mol. The summed E-state index contributed by atoms with van der Waals surface area (Å²) >= 11 is 3.44. The summed E-state index contributed by atoms with van der Waals surface area (Å²) in [6.45, 7) is 5.05. The molecule has 1 aliphatic heterocycles. The predicted octanol–water partition coefficient (Wildman–Crippen LogP) is 3.82. The van der Waals surface area contributed by atoms with Crippen molar-refractivity contribution in [2.45, 2.75) is 32.7 Å². The summed E-state index contributed by atoms with van der Waals surface area (Å²) in [6, 6.07) is 6.05. The molecule has 5 heteroatoms. The predicted molar refractivity (Wildman–Crippen MR) is 87.0 cm³/mol. The number of carbonyl (C=O) groups excluding carboxylic acids is 1. The van der Waals surface area contributed by atoms with Crippen molar-refractivity contribution in [2.75, 3.05) is 11.9 Å². The van der Waals surface area contributed by atoms with E-state index in [0.717, 1.165) is 35.1 Å². The normalized spacial score (nSPS) is 13.9. The van der Waals surface area contributed by atoms with Crippen LogP contribution >= 0.6 is 15.9 Å². The Bertz CT molecular complexity index is 691. The summed E-state index contributed by atoms with van der Waals surface area (Å²) in [5.41, 5.74) is 3.71. The van der Waals surface area contributed by atoms with Gasteiger partial charge in [-0.3, -0.25) is 9.48 Å². The lowest BCUT2D eigenvalue weighted by Gasteiger charge is -2.18. The van der Waals surface area contributed by atoms with Gasteiger partial charge in [0.05, 0.1) is 10.7 Å². The van der Waals surface area contributed by atoms with Gasteiger partial charge in [0, 0.05) is 23.8 Å². The molecule has 3 rings (SSSR count). The van der Waals surface area contributed by atoms with Crippen molar-refractivity contribution in [3.63, 3.8) is 0 Å². The zero-order chi connectivity index (χ0) is 15.0. The molecule has 0 saturated carbocycles. The first kappa shape index (κ1) is 14.3. The highest BCUT2D eigenvalue weighted by Gasteiger charge is 2.21. The van der Waals surface area contributed by atoms with Gasteiger partial charge in [-0.1, -0.05) is 0 Å². The minimum absolute atomic E-state index is 0.0152. The number of carbonyl (C=O) groups is 1. The molecule has 0 unspecified atom stereocenters. The summed E-state index contributed by atoms with van der Waals surface area (Å²) in [5, 5.41) is 7.65. The molecule has 2 aromatic rings. The van der Waals surface area contributed by atoms with Gasteiger partial charge in [0.1, 0.15) is 5.69 Å². The Morgan fingerprint density at radius 1 is 1.43 bits per heavy atom. The number of aryl methyl sites for hydroxylation is 1. The second-order valence-corrected chi connectivity index (χ2v) is 6.47. The minimum Gasteiger partial charge on any atom is -0.385 e. The number of hydrogen-bond acceptors (Lipinski definition) is 3. The van der Waals surface area contributed by atoms with E-state index in [0.29, 0.717) is 5.69 Å². The number of benzene rings is 1. The highest BCUT2D eigenvalue weighted by atomic mass is 79.9. The molecule has 0 aliphatic carbocycles. The molecule has 1 N–H and O–H groups in total. The van der Waals surface area contributed by atoms with E-state index in [2.05, 4.69) is 26.3 Å². The Morgan fingerprint density at radius 3 is 3.00 bits per heavy atom. The van der Waals surface area contributed by atoms with Crippen LogP contribution < -0.4 is 5.32 Å². The zero-order valence-electron chi connectivity index (χ0n) is 12.2. The van der Waals surface area contributed by atoms with E-state index in [1.165, 1.54) is 5.56 Å². The highest BCUT2D eigenvalue weighted by Crippen LogP contribution is 2.27. The van der Waals surface area contributed by atoms with Crippen LogP contribution in [-0.4, -0.2) is 22.1 Å². The zero-order valence-corrected chi connectivity index (χ0v) is 13.8. The molecular weight excluding hydrogens is 330 g/mol. The Hall–Kier alpha value is -1.62. The van der Waals surface area contributed by atoms with Gasteiger partial charge in [-0.25, -0.2) is 0 Å². The largest absolute Gasteiger partial charge is 0.385 e. The lowest BCUT2D eigenvalue weighted by atomic mass is 9.98. The maximum atomic E-state index is 12.8. The van der Waals surface area contributed by atoms with E-state index in [1.54, 1.807) is 10.9 Å². The van der Waals surface area contributed by atoms with Crippen molar-refractivity contribution < 1.29 is 4.79 Å².